The molecule has 2 heterocycles. The van der Waals surface area contributed by atoms with E-state index in [2.05, 4.69) is 15.3 Å². The van der Waals surface area contributed by atoms with Gasteiger partial charge in [0.15, 0.2) is 5.17 Å². The molecule has 0 bridgehead atoms. The number of anilines is 1. The van der Waals surface area contributed by atoms with E-state index in [1.54, 1.807) is 29.2 Å². The number of halogens is 1. The lowest BCUT2D eigenvalue weighted by Gasteiger charge is -2.25. The highest BCUT2D eigenvalue weighted by Gasteiger charge is 2.42. The number of thioether (sulfide) groups is 1. The maximum Gasteiger partial charge on any atom is 0.259 e. The maximum absolute atomic E-state index is 13.0. The number of carbonyl (C=O) groups excluding carboxylic acids is 2. The molecule has 2 aromatic rings. The van der Waals surface area contributed by atoms with Crippen LogP contribution in [-0.2, 0) is 9.59 Å². The molecule has 2 aromatic carbocycles. The molecule has 8 heteroatoms. The number of para-hydroxylation sites is 2. The summed E-state index contributed by atoms with van der Waals surface area (Å²) in [7, 11) is 0. The molecule has 1 atom stereocenters. The van der Waals surface area contributed by atoms with E-state index < -0.39 is 6.04 Å². The van der Waals surface area contributed by atoms with Gasteiger partial charge in [0, 0.05) is 5.56 Å². The van der Waals surface area contributed by atoms with Crippen LogP contribution in [0.1, 0.15) is 19.4 Å². The first kappa shape index (κ1) is 19.7. The number of amides is 2. The average Bonchev–Trinajstić information content (AvgIpc) is 3.06. The molecule has 0 spiro atoms. The monoisotopic (exact) mass is 426 g/mol. The minimum Gasteiger partial charge on any atom is -0.324 e. The smallest absolute Gasteiger partial charge is 0.259 e. The molecule has 2 amide bonds. The van der Waals surface area contributed by atoms with Crippen LogP contribution < -0.4 is 5.32 Å². The molecule has 0 aliphatic carbocycles. The summed E-state index contributed by atoms with van der Waals surface area (Å²) in [6.45, 7) is 3.94. The Bertz CT molecular complexity index is 1050. The quantitative estimate of drug-likeness (QED) is 0.790. The fourth-order valence-corrected chi connectivity index (χ4v) is 4.16. The highest BCUT2D eigenvalue weighted by Crippen LogP contribution is 2.34. The van der Waals surface area contributed by atoms with E-state index in [0.29, 0.717) is 21.7 Å². The van der Waals surface area contributed by atoms with E-state index in [9.17, 15) is 9.59 Å². The van der Waals surface area contributed by atoms with Crippen molar-refractivity contribution in [3.8, 4) is 0 Å². The second-order valence-electron chi connectivity index (χ2n) is 7.04. The molecule has 148 valence electrons. The SMILES string of the molecule is CC(C)C1N=C2c3ccccc3N=C(SCC(=O)Nc3ccccc3Cl)N2C1=O. The third kappa shape index (κ3) is 3.80. The zero-order chi connectivity index (χ0) is 20.5. The van der Waals surface area contributed by atoms with E-state index >= 15 is 0 Å². The van der Waals surface area contributed by atoms with Crippen LogP contribution in [0.4, 0.5) is 11.4 Å². The number of nitrogens with zero attached hydrogens (tertiary/aromatic N) is 3. The Hall–Kier alpha value is -2.64. The van der Waals surface area contributed by atoms with Crippen molar-refractivity contribution in [2.75, 3.05) is 11.1 Å². The number of hydrogen-bond donors (Lipinski definition) is 1. The molecule has 0 saturated carbocycles. The number of carbonyl (C=O) groups is 2. The highest BCUT2D eigenvalue weighted by molar-refractivity contribution is 8.14. The predicted molar refractivity (Wildman–Crippen MR) is 118 cm³/mol. The lowest BCUT2D eigenvalue weighted by molar-refractivity contribution is -0.125. The predicted octanol–water partition coefficient (Wildman–Crippen LogP) is 4.33. The summed E-state index contributed by atoms with van der Waals surface area (Å²) in [5.74, 6) is 0.434. The van der Waals surface area contributed by atoms with Crippen molar-refractivity contribution in [3.63, 3.8) is 0 Å². The molecule has 0 radical (unpaired) electrons. The fourth-order valence-electron chi connectivity index (χ4n) is 3.18. The van der Waals surface area contributed by atoms with E-state index in [1.165, 1.54) is 11.8 Å². The van der Waals surface area contributed by atoms with Crippen molar-refractivity contribution in [1.82, 2.24) is 4.90 Å². The van der Waals surface area contributed by atoms with Gasteiger partial charge in [0.05, 0.1) is 22.2 Å². The number of fused-ring (bicyclic) bond motifs is 3. The standard InChI is InChI=1S/C21H19ClN4O2S/c1-12(2)18-20(28)26-19(25-18)13-7-3-5-9-15(13)24-21(26)29-11-17(27)23-16-10-6-4-8-14(16)22/h3-10,12,18H,11H2,1-2H3,(H,23,27). The van der Waals surface area contributed by atoms with Crippen molar-refractivity contribution >= 4 is 57.6 Å². The van der Waals surface area contributed by atoms with Gasteiger partial charge in [-0.05, 0) is 30.2 Å². The number of aliphatic imine (C=N–C) groups is 2. The topological polar surface area (TPSA) is 74.1 Å². The minimum absolute atomic E-state index is 0.0718. The molecule has 0 saturated heterocycles. The van der Waals surface area contributed by atoms with Gasteiger partial charge in [0.25, 0.3) is 5.91 Å². The zero-order valence-corrected chi connectivity index (χ0v) is 17.5. The molecule has 1 N–H and O–H groups in total. The van der Waals surface area contributed by atoms with Crippen LogP contribution in [-0.4, -0.2) is 39.5 Å². The first-order valence-corrected chi connectivity index (χ1v) is 10.6. The minimum atomic E-state index is -0.445. The highest BCUT2D eigenvalue weighted by atomic mass is 35.5. The van der Waals surface area contributed by atoms with E-state index in [0.717, 1.165) is 11.3 Å². The fraction of sp³-hybridized carbons (Fsp3) is 0.238. The number of amidine groups is 2. The first-order valence-electron chi connectivity index (χ1n) is 9.22. The van der Waals surface area contributed by atoms with Gasteiger partial charge in [-0.2, -0.15) is 0 Å². The maximum atomic E-state index is 13.0. The Labute approximate surface area is 178 Å². The molecule has 0 aromatic heterocycles. The van der Waals surface area contributed by atoms with Crippen LogP contribution in [0.25, 0.3) is 0 Å². The van der Waals surface area contributed by atoms with E-state index in [1.807, 2.05) is 38.1 Å². The Morgan fingerprint density at radius 1 is 1.21 bits per heavy atom. The van der Waals surface area contributed by atoms with Gasteiger partial charge in [-0.3, -0.25) is 14.6 Å². The van der Waals surface area contributed by atoms with E-state index in [4.69, 9.17) is 11.6 Å². The van der Waals surface area contributed by atoms with Gasteiger partial charge in [-0.15, -0.1) is 0 Å². The molecular weight excluding hydrogens is 408 g/mol. The van der Waals surface area contributed by atoms with Crippen LogP contribution >= 0.6 is 23.4 Å². The van der Waals surface area contributed by atoms with Crippen molar-refractivity contribution in [2.24, 2.45) is 15.9 Å². The first-order chi connectivity index (χ1) is 14.0. The van der Waals surface area contributed by atoms with E-state index in [-0.39, 0.29) is 23.5 Å². The molecule has 2 aliphatic rings. The zero-order valence-electron chi connectivity index (χ0n) is 15.9. The summed E-state index contributed by atoms with van der Waals surface area (Å²) in [5, 5.41) is 3.72. The van der Waals surface area contributed by atoms with Crippen LogP contribution in [0, 0.1) is 5.92 Å². The third-order valence-corrected chi connectivity index (χ3v) is 5.88. The lowest BCUT2D eigenvalue weighted by Crippen LogP contribution is -2.42. The largest absolute Gasteiger partial charge is 0.324 e. The molecule has 1 unspecified atom stereocenters. The Morgan fingerprint density at radius 3 is 2.69 bits per heavy atom. The lowest BCUT2D eigenvalue weighted by atomic mass is 10.1. The van der Waals surface area contributed by atoms with Crippen molar-refractivity contribution in [1.29, 1.82) is 0 Å². The molecule has 4 rings (SSSR count). The van der Waals surface area contributed by atoms with Crippen LogP contribution in [0.15, 0.2) is 58.5 Å². The molecule has 2 aliphatic heterocycles. The van der Waals surface area contributed by atoms with Crippen molar-refractivity contribution < 1.29 is 9.59 Å². The van der Waals surface area contributed by atoms with Gasteiger partial charge in [0.1, 0.15) is 11.9 Å². The number of hydrogen-bond acceptors (Lipinski definition) is 5. The van der Waals surface area contributed by atoms with Gasteiger partial charge >= 0.3 is 0 Å². The number of rotatable bonds is 4. The second kappa shape index (κ2) is 8.00. The molecular formula is C21H19ClN4O2S. The van der Waals surface area contributed by atoms with Crippen LogP contribution in [0.2, 0.25) is 5.02 Å². The third-order valence-electron chi connectivity index (χ3n) is 4.61. The van der Waals surface area contributed by atoms with Gasteiger partial charge < -0.3 is 5.32 Å². The Balaban J connectivity index is 1.56. The van der Waals surface area contributed by atoms with Crippen LogP contribution in [0.3, 0.4) is 0 Å². The average molecular weight is 427 g/mol. The van der Waals surface area contributed by atoms with Gasteiger partial charge in [-0.1, -0.05) is 61.5 Å². The van der Waals surface area contributed by atoms with Gasteiger partial charge in [-0.25, -0.2) is 9.89 Å². The second-order valence-corrected chi connectivity index (χ2v) is 8.39. The summed E-state index contributed by atoms with van der Waals surface area (Å²) in [4.78, 5) is 36.2. The summed E-state index contributed by atoms with van der Waals surface area (Å²) in [6, 6.07) is 14.2. The molecule has 0 fully saturated rings. The normalized spacial score (nSPS) is 17.6. The van der Waals surface area contributed by atoms with Crippen molar-refractivity contribution in [2.45, 2.75) is 19.9 Å². The Morgan fingerprint density at radius 2 is 1.93 bits per heavy atom. The number of nitrogens with one attached hydrogen (secondary N) is 1. The molecule has 29 heavy (non-hydrogen) atoms. The summed E-state index contributed by atoms with van der Waals surface area (Å²) in [6.07, 6.45) is 0. The van der Waals surface area contributed by atoms with Crippen molar-refractivity contribution in [3.05, 3.63) is 59.1 Å². The number of benzene rings is 2. The Kier molecular flexibility index (Phi) is 5.43. The summed E-state index contributed by atoms with van der Waals surface area (Å²) in [5.41, 5.74) is 2.12. The summed E-state index contributed by atoms with van der Waals surface area (Å²) >= 11 is 7.30. The molecule has 6 nitrogen and oxygen atoms in total. The van der Waals surface area contributed by atoms with Crippen LogP contribution in [0.5, 0.6) is 0 Å². The van der Waals surface area contributed by atoms with Gasteiger partial charge in [0.2, 0.25) is 5.91 Å². The summed E-state index contributed by atoms with van der Waals surface area (Å²) < 4.78 is 0.